The van der Waals surface area contributed by atoms with E-state index >= 15 is 0 Å². The average Bonchev–Trinajstić information content (AvgIpc) is 2.98. The van der Waals surface area contributed by atoms with E-state index < -0.39 is 46.2 Å². The average molecular weight is 706 g/mol. The molecule has 178 valence electrons. The van der Waals surface area contributed by atoms with Crippen molar-refractivity contribution >= 4 is 63.6 Å². The summed E-state index contributed by atoms with van der Waals surface area (Å²) < 4.78 is 7.12. The molecule has 0 nitrogen and oxygen atoms in total. The first-order valence-corrected chi connectivity index (χ1v) is 34.8. The molecule has 1 saturated heterocycles. The maximum absolute atomic E-state index is 2.55. The van der Waals surface area contributed by atoms with Gasteiger partial charge in [0.1, 0.15) is 0 Å². The second-order valence-electron chi connectivity index (χ2n) is 8.94. The first-order valence-electron chi connectivity index (χ1n) is 12.8. The zero-order valence-corrected chi connectivity index (χ0v) is 27.8. The van der Waals surface area contributed by atoms with E-state index in [0.717, 1.165) is 0 Å². The summed E-state index contributed by atoms with van der Waals surface area (Å²) in [6, 6.07) is 47.8. The van der Waals surface area contributed by atoms with Crippen LogP contribution in [0.4, 0.5) is 0 Å². The van der Waals surface area contributed by atoms with E-state index in [4.69, 9.17) is 0 Å². The molecule has 4 unspecified atom stereocenters. The van der Waals surface area contributed by atoms with Crippen LogP contribution in [0, 0.1) is 0 Å². The summed E-state index contributed by atoms with van der Waals surface area (Å²) in [5, 5.41) is 3.03. The molecule has 4 atom stereocenters. The molecule has 1 fully saturated rings. The summed E-state index contributed by atoms with van der Waals surface area (Å²) in [6.07, 6.45) is 7.20. The van der Waals surface area contributed by atoms with Gasteiger partial charge in [0.25, 0.3) is 0 Å². The van der Waals surface area contributed by atoms with Crippen molar-refractivity contribution in [1.82, 2.24) is 0 Å². The fourth-order valence-corrected chi connectivity index (χ4v) is 166. The van der Waals surface area contributed by atoms with Gasteiger partial charge in [-0.3, -0.25) is 0 Å². The van der Waals surface area contributed by atoms with E-state index in [0.29, 0.717) is 0 Å². The van der Waals surface area contributed by atoms with E-state index in [1.165, 1.54) is 42.5 Å². The Morgan fingerprint density at radius 2 is 0.600 bits per heavy atom. The van der Waals surface area contributed by atoms with Crippen molar-refractivity contribution in [3.63, 3.8) is 0 Å². The molecule has 4 heteroatoms. The molecule has 0 spiro atoms. The van der Waals surface area contributed by atoms with Crippen molar-refractivity contribution in [2.24, 2.45) is 0 Å². The van der Waals surface area contributed by atoms with Crippen LogP contribution >= 0.6 is 0 Å². The molecule has 1 aliphatic heterocycles. The van der Waals surface area contributed by atoms with Gasteiger partial charge in [-0.05, 0) is 0 Å². The summed E-state index contributed by atoms with van der Waals surface area (Å²) in [5.74, 6) is 0. The molecular formula is C31H34As4. The molecule has 0 amide bonds. The van der Waals surface area contributed by atoms with Gasteiger partial charge in [-0.15, -0.1) is 0 Å². The van der Waals surface area contributed by atoms with Crippen molar-refractivity contribution in [3.8, 4) is 0 Å². The van der Waals surface area contributed by atoms with Crippen LogP contribution in [-0.4, -0.2) is 46.2 Å². The fourth-order valence-electron chi connectivity index (χ4n) is 4.74. The Labute approximate surface area is 225 Å². The molecule has 1 aliphatic rings. The van der Waals surface area contributed by atoms with Crippen molar-refractivity contribution < 1.29 is 0 Å². The number of benzene rings is 4. The second kappa shape index (κ2) is 13.6. The standard InChI is InChI=1S/C31H34As4/c1-2-16-26-32(28-18-8-4-9-19-28)34(30-22-12-6-13-23-30)35(31-24-14-7-15-25-31)33(27-17-3-1)29-20-10-5-11-21-29/h4-15,18-25H,1-3,16-17,26-27H2. The summed E-state index contributed by atoms with van der Waals surface area (Å²) in [7, 11) is -2.56. The molecule has 0 N–H and O–H groups in total. The Hall–Kier alpha value is -0.886. The number of rotatable bonds is 4. The monoisotopic (exact) mass is 706 g/mol. The van der Waals surface area contributed by atoms with Gasteiger partial charge in [0.05, 0.1) is 0 Å². The summed E-state index contributed by atoms with van der Waals surface area (Å²) in [4.78, 5) is 0. The normalized spacial score (nSPS) is 23.8. The third kappa shape index (κ3) is 6.71. The van der Waals surface area contributed by atoms with E-state index in [-0.39, 0.29) is 0 Å². The first kappa shape index (κ1) is 25.8. The van der Waals surface area contributed by atoms with Crippen molar-refractivity contribution in [2.45, 2.75) is 42.5 Å². The second-order valence-corrected chi connectivity index (χ2v) is 64.3. The molecule has 0 radical (unpaired) electrons. The quantitative estimate of drug-likeness (QED) is 0.268. The van der Waals surface area contributed by atoms with Gasteiger partial charge in [0.2, 0.25) is 0 Å². The molecule has 0 saturated carbocycles. The molecule has 4 aromatic carbocycles. The molecule has 4 aromatic rings. The van der Waals surface area contributed by atoms with E-state index in [2.05, 4.69) is 121 Å². The Balaban J connectivity index is 1.73. The Morgan fingerprint density at radius 1 is 0.314 bits per heavy atom. The molecule has 5 rings (SSSR count). The fraction of sp³-hybridized carbons (Fsp3) is 0.226. The topological polar surface area (TPSA) is 0 Å². The predicted molar refractivity (Wildman–Crippen MR) is 160 cm³/mol. The van der Waals surface area contributed by atoms with Crippen molar-refractivity contribution in [2.75, 3.05) is 0 Å². The number of hydrogen-bond acceptors (Lipinski definition) is 0. The van der Waals surface area contributed by atoms with Crippen LogP contribution in [0.25, 0.3) is 0 Å². The van der Waals surface area contributed by atoms with Crippen LogP contribution in [0.1, 0.15) is 32.1 Å². The van der Waals surface area contributed by atoms with Crippen LogP contribution < -0.4 is 17.4 Å². The van der Waals surface area contributed by atoms with Gasteiger partial charge in [-0.1, -0.05) is 0 Å². The SMILES string of the molecule is c1ccc([As]2CCCCCCC[As](c3ccccc3)[As](c3ccccc3)[As]2c2ccccc2)cc1. The third-order valence-corrected chi connectivity index (χ3v) is 115. The first-order chi connectivity index (χ1) is 17.4. The van der Waals surface area contributed by atoms with Crippen molar-refractivity contribution in [3.05, 3.63) is 121 Å². The van der Waals surface area contributed by atoms with Gasteiger partial charge < -0.3 is 0 Å². The zero-order valence-electron chi connectivity index (χ0n) is 20.3. The zero-order chi connectivity index (χ0) is 23.7. The van der Waals surface area contributed by atoms with Gasteiger partial charge in [0, 0.05) is 0 Å². The van der Waals surface area contributed by atoms with Crippen LogP contribution in [0.15, 0.2) is 121 Å². The van der Waals surface area contributed by atoms with E-state index in [9.17, 15) is 0 Å². The van der Waals surface area contributed by atoms with Crippen LogP contribution in [0.3, 0.4) is 0 Å². The Morgan fingerprint density at radius 3 is 0.943 bits per heavy atom. The van der Waals surface area contributed by atoms with Gasteiger partial charge >= 0.3 is 227 Å². The Kier molecular flexibility index (Phi) is 10.0. The van der Waals surface area contributed by atoms with Gasteiger partial charge in [-0.25, -0.2) is 0 Å². The van der Waals surface area contributed by atoms with E-state index in [1.807, 2.05) is 0 Å². The van der Waals surface area contributed by atoms with Crippen LogP contribution in [0.5, 0.6) is 0 Å². The number of hydrogen-bond donors (Lipinski definition) is 0. The van der Waals surface area contributed by atoms with Gasteiger partial charge in [-0.2, -0.15) is 0 Å². The summed E-state index contributed by atoms with van der Waals surface area (Å²) in [5.41, 5.74) is 0. The molecule has 0 aromatic heterocycles. The summed E-state index contributed by atoms with van der Waals surface area (Å²) in [6.45, 7) is 0. The maximum atomic E-state index is 2.55. The molecule has 35 heavy (non-hydrogen) atoms. The minimum absolute atomic E-state index is 1.20. The molecule has 0 bridgehead atoms. The van der Waals surface area contributed by atoms with Crippen LogP contribution in [0.2, 0.25) is 10.4 Å². The Bertz CT molecular complexity index is 1040. The summed E-state index contributed by atoms with van der Waals surface area (Å²) >= 11 is -2.41. The molecular weight excluding hydrogens is 672 g/mol. The van der Waals surface area contributed by atoms with Crippen molar-refractivity contribution in [1.29, 1.82) is 0 Å². The van der Waals surface area contributed by atoms with Crippen LogP contribution in [-0.2, 0) is 0 Å². The molecule has 0 aliphatic carbocycles. The van der Waals surface area contributed by atoms with Gasteiger partial charge in [0.15, 0.2) is 0 Å². The molecule has 1 heterocycles. The predicted octanol–water partition coefficient (Wildman–Crippen LogP) is 4.79. The third-order valence-electron chi connectivity index (χ3n) is 6.46. The van der Waals surface area contributed by atoms with E-state index in [1.54, 1.807) is 17.4 Å². The minimum atomic E-state index is -1.28.